The normalized spacial score (nSPS) is 11.7. The van der Waals surface area contributed by atoms with E-state index in [2.05, 4.69) is 20.8 Å². The standard InChI is InChI=1S/C19H17ClN4O2S/c1-11-4-3-5-14(10-11)18-23-24-19(27-18)22-16(25)12(2)21-17(26)13-6-8-15(20)9-7-13/h3-10,12H,1-2H3,(H,21,26)(H,22,24,25)/t12-/m1/s1. The Labute approximate surface area is 165 Å². The Balaban J connectivity index is 1.61. The van der Waals surface area contributed by atoms with Crippen LogP contribution in [0, 0.1) is 6.92 Å². The van der Waals surface area contributed by atoms with E-state index in [-0.39, 0.29) is 11.8 Å². The van der Waals surface area contributed by atoms with E-state index in [0.29, 0.717) is 20.7 Å². The second-order valence-electron chi connectivity index (χ2n) is 5.97. The molecule has 0 unspecified atom stereocenters. The Hall–Kier alpha value is -2.77. The molecule has 0 saturated heterocycles. The average Bonchev–Trinajstić information content (AvgIpc) is 3.10. The number of carbonyl (C=O) groups excluding carboxylic acids is 2. The van der Waals surface area contributed by atoms with Gasteiger partial charge in [0.1, 0.15) is 11.0 Å². The minimum absolute atomic E-state index is 0.355. The van der Waals surface area contributed by atoms with Gasteiger partial charge in [0.05, 0.1) is 0 Å². The summed E-state index contributed by atoms with van der Waals surface area (Å²) in [6, 6.07) is 13.6. The molecule has 0 spiro atoms. The van der Waals surface area contributed by atoms with Gasteiger partial charge in [0, 0.05) is 16.1 Å². The first-order valence-electron chi connectivity index (χ1n) is 8.20. The van der Waals surface area contributed by atoms with Crippen LogP contribution in [-0.4, -0.2) is 28.1 Å². The molecule has 0 fully saturated rings. The molecule has 1 heterocycles. The van der Waals surface area contributed by atoms with E-state index in [1.807, 2.05) is 31.2 Å². The third-order valence-corrected chi connectivity index (χ3v) is 4.91. The van der Waals surface area contributed by atoms with Gasteiger partial charge in [-0.2, -0.15) is 0 Å². The highest BCUT2D eigenvalue weighted by molar-refractivity contribution is 7.18. The zero-order valence-electron chi connectivity index (χ0n) is 14.7. The van der Waals surface area contributed by atoms with E-state index in [1.165, 1.54) is 11.3 Å². The van der Waals surface area contributed by atoms with Gasteiger partial charge in [-0.15, -0.1) is 10.2 Å². The monoisotopic (exact) mass is 400 g/mol. The molecule has 0 aliphatic heterocycles. The number of amides is 2. The van der Waals surface area contributed by atoms with Crippen molar-refractivity contribution in [1.82, 2.24) is 15.5 Å². The minimum Gasteiger partial charge on any atom is -0.341 e. The van der Waals surface area contributed by atoms with Gasteiger partial charge in [-0.25, -0.2) is 0 Å². The van der Waals surface area contributed by atoms with E-state index in [4.69, 9.17) is 11.6 Å². The number of halogens is 1. The van der Waals surface area contributed by atoms with E-state index < -0.39 is 6.04 Å². The Morgan fingerprint density at radius 2 is 1.85 bits per heavy atom. The van der Waals surface area contributed by atoms with Crippen LogP contribution in [0.25, 0.3) is 10.6 Å². The first-order valence-corrected chi connectivity index (χ1v) is 9.39. The molecule has 27 heavy (non-hydrogen) atoms. The zero-order valence-corrected chi connectivity index (χ0v) is 16.3. The predicted molar refractivity (Wildman–Crippen MR) is 107 cm³/mol. The van der Waals surface area contributed by atoms with Crippen LogP contribution in [0.2, 0.25) is 5.02 Å². The van der Waals surface area contributed by atoms with Crippen LogP contribution in [0.15, 0.2) is 48.5 Å². The molecular formula is C19H17ClN4O2S. The molecular weight excluding hydrogens is 384 g/mol. The van der Waals surface area contributed by atoms with E-state index in [9.17, 15) is 9.59 Å². The van der Waals surface area contributed by atoms with Crippen LogP contribution in [0.3, 0.4) is 0 Å². The number of nitrogens with one attached hydrogen (secondary N) is 2. The molecule has 8 heteroatoms. The highest BCUT2D eigenvalue weighted by atomic mass is 35.5. The summed E-state index contributed by atoms with van der Waals surface area (Å²) in [6.45, 7) is 3.60. The van der Waals surface area contributed by atoms with Gasteiger partial charge in [0.15, 0.2) is 0 Å². The molecule has 0 bridgehead atoms. The highest BCUT2D eigenvalue weighted by Gasteiger charge is 2.18. The molecule has 3 rings (SSSR count). The van der Waals surface area contributed by atoms with E-state index in [0.717, 1.165) is 11.1 Å². The van der Waals surface area contributed by atoms with Crippen molar-refractivity contribution in [3.8, 4) is 10.6 Å². The summed E-state index contributed by atoms with van der Waals surface area (Å²) in [5.74, 6) is -0.726. The summed E-state index contributed by atoms with van der Waals surface area (Å²) in [5, 5.41) is 15.1. The first-order chi connectivity index (χ1) is 12.9. The molecule has 3 aromatic rings. The number of anilines is 1. The molecule has 1 aromatic heterocycles. The van der Waals surface area contributed by atoms with Crippen molar-refractivity contribution in [1.29, 1.82) is 0 Å². The SMILES string of the molecule is Cc1cccc(-c2nnc(NC(=O)[C@@H](C)NC(=O)c3ccc(Cl)cc3)s2)c1. The lowest BCUT2D eigenvalue weighted by Crippen LogP contribution is -2.41. The quantitative estimate of drug-likeness (QED) is 0.679. The lowest BCUT2D eigenvalue weighted by atomic mass is 10.1. The number of rotatable bonds is 5. The number of aromatic nitrogens is 2. The summed E-state index contributed by atoms with van der Waals surface area (Å²) in [7, 11) is 0. The molecule has 0 aliphatic carbocycles. The van der Waals surface area contributed by atoms with Crippen molar-refractivity contribution in [2.75, 3.05) is 5.32 Å². The van der Waals surface area contributed by atoms with Crippen LogP contribution in [0.5, 0.6) is 0 Å². The summed E-state index contributed by atoms with van der Waals surface area (Å²) in [4.78, 5) is 24.5. The number of hydrogen-bond donors (Lipinski definition) is 2. The zero-order chi connectivity index (χ0) is 19.4. The Kier molecular flexibility index (Phi) is 5.83. The molecule has 0 saturated carbocycles. The van der Waals surface area contributed by atoms with Gasteiger partial charge in [0.2, 0.25) is 11.0 Å². The third kappa shape index (κ3) is 4.90. The number of aryl methyl sites for hydroxylation is 1. The van der Waals surface area contributed by atoms with E-state index in [1.54, 1.807) is 31.2 Å². The molecule has 1 atom stereocenters. The Morgan fingerprint density at radius 3 is 2.56 bits per heavy atom. The van der Waals surface area contributed by atoms with Crippen LogP contribution in [-0.2, 0) is 4.79 Å². The molecule has 138 valence electrons. The van der Waals surface area contributed by atoms with Crippen molar-refractivity contribution in [2.45, 2.75) is 19.9 Å². The van der Waals surface area contributed by atoms with Gasteiger partial charge in [-0.05, 0) is 44.2 Å². The molecule has 2 aromatic carbocycles. The number of carbonyl (C=O) groups is 2. The summed E-state index contributed by atoms with van der Waals surface area (Å²) < 4.78 is 0. The topological polar surface area (TPSA) is 84.0 Å². The molecule has 2 amide bonds. The van der Waals surface area contributed by atoms with E-state index >= 15 is 0 Å². The highest BCUT2D eigenvalue weighted by Crippen LogP contribution is 2.26. The van der Waals surface area contributed by atoms with Gasteiger partial charge < -0.3 is 5.32 Å². The fourth-order valence-corrected chi connectivity index (χ4v) is 3.20. The van der Waals surface area contributed by atoms with Crippen molar-refractivity contribution in [3.63, 3.8) is 0 Å². The number of benzene rings is 2. The predicted octanol–water partition coefficient (Wildman–Crippen LogP) is 3.92. The first kappa shape index (κ1) is 19.0. The van der Waals surface area contributed by atoms with Crippen molar-refractivity contribution in [2.24, 2.45) is 0 Å². The van der Waals surface area contributed by atoms with Crippen LogP contribution in [0.4, 0.5) is 5.13 Å². The second kappa shape index (κ2) is 8.28. The Morgan fingerprint density at radius 1 is 1.11 bits per heavy atom. The smallest absolute Gasteiger partial charge is 0.251 e. The number of nitrogens with zero attached hydrogens (tertiary/aromatic N) is 2. The number of hydrogen-bond acceptors (Lipinski definition) is 5. The summed E-state index contributed by atoms with van der Waals surface area (Å²) in [6.07, 6.45) is 0. The molecule has 0 aliphatic rings. The lowest BCUT2D eigenvalue weighted by molar-refractivity contribution is -0.117. The van der Waals surface area contributed by atoms with Gasteiger partial charge >= 0.3 is 0 Å². The minimum atomic E-state index is -0.737. The molecule has 0 radical (unpaired) electrons. The van der Waals surface area contributed by atoms with Crippen molar-refractivity contribution < 1.29 is 9.59 Å². The van der Waals surface area contributed by atoms with Crippen molar-refractivity contribution in [3.05, 3.63) is 64.7 Å². The molecule has 6 nitrogen and oxygen atoms in total. The largest absolute Gasteiger partial charge is 0.341 e. The van der Waals surface area contributed by atoms with Crippen LogP contribution < -0.4 is 10.6 Å². The van der Waals surface area contributed by atoms with Gasteiger partial charge in [-0.3, -0.25) is 14.9 Å². The maximum Gasteiger partial charge on any atom is 0.251 e. The maximum atomic E-state index is 12.3. The second-order valence-corrected chi connectivity index (χ2v) is 7.39. The summed E-state index contributed by atoms with van der Waals surface area (Å²) in [5.41, 5.74) is 2.49. The fraction of sp³-hybridized carbons (Fsp3) is 0.158. The summed E-state index contributed by atoms with van der Waals surface area (Å²) >= 11 is 7.09. The van der Waals surface area contributed by atoms with Crippen LogP contribution in [0.1, 0.15) is 22.8 Å². The van der Waals surface area contributed by atoms with Crippen LogP contribution >= 0.6 is 22.9 Å². The van der Waals surface area contributed by atoms with Gasteiger partial charge in [-0.1, -0.05) is 46.7 Å². The lowest BCUT2D eigenvalue weighted by Gasteiger charge is -2.12. The average molecular weight is 401 g/mol. The van der Waals surface area contributed by atoms with Gasteiger partial charge in [0.25, 0.3) is 5.91 Å². The molecule has 2 N–H and O–H groups in total. The fourth-order valence-electron chi connectivity index (χ4n) is 2.33. The third-order valence-electron chi connectivity index (χ3n) is 3.77. The maximum absolute atomic E-state index is 12.3. The van der Waals surface area contributed by atoms with Crippen molar-refractivity contribution >= 4 is 39.9 Å². The Bertz CT molecular complexity index is 972.